The third-order valence-electron chi connectivity index (χ3n) is 3.43. The largest absolute Gasteiger partial charge is 0.324 e. The van der Waals surface area contributed by atoms with Crippen molar-refractivity contribution >= 4 is 22.5 Å². The van der Waals surface area contributed by atoms with Crippen molar-refractivity contribution in [2.24, 2.45) is 5.73 Å². The lowest BCUT2D eigenvalue weighted by Gasteiger charge is -2.11. The lowest BCUT2D eigenvalue weighted by molar-refractivity contribution is 0.819. The molecule has 2 aromatic carbocycles. The quantitative estimate of drug-likeness (QED) is 0.747. The van der Waals surface area contributed by atoms with Crippen LogP contribution < -0.4 is 5.73 Å². The molecule has 1 unspecified atom stereocenters. The van der Waals surface area contributed by atoms with Crippen LogP contribution >= 0.6 is 11.6 Å². The number of hydrogen-bond acceptors (Lipinski definition) is 2. The van der Waals surface area contributed by atoms with Gasteiger partial charge < -0.3 is 5.73 Å². The van der Waals surface area contributed by atoms with Crippen molar-refractivity contribution in [2.75, 3.05) is 0 Å². The second-order valence-corrected chi connectivity index (χ2v) is 5.35. The summed E-state index contributed by atoms with van der Waals surface area (Å²) in [4.78, 5) is 4.33. The van der Waals surface area contributed by atoms with Crippen molar-refractivity contribution in [3.63, 3.8) is 0 Å². The van der Waals surface area contributed by atoms with Crippen LogP contribution in [-0.2, 0) is 0 Å². The highest BCUT2D eigenvalue weighted by atomic mass is 35.5. The second-order valence-electron chi connectivity index (χ2n) is 4.94. The maximum Gasteiger partial charge on any atom is 0.0702 e. The summed E-state index contributed by atoms with van der Waals surface area (Å²) < 4.78 is 0. The van der Waals surface area contributed by atoms with Gasteiger partial charge in [-0.1, -0.05) is 29.8 Å². The van der Waals surface area contributed by atoms with E-state index in [0.29, 0.717) is 0 Å². The summed E-state index contributed by atoms with van der Waals surface area (Å²) in [5.74, 6) is 0. The number of nitrogens with zero attached hydrogens (tertiary/aromatic N) is 1. The first-order valence-corrected chi connectivity index (χ1v) is 6.93. The van der Waals surface area contributed by atoms with Crippen molar-refractivity contribution in [1.82, 2.24) is 4.98 Å². The highest BCUT2D eigenvalue weighted by molar-refractivity contribution is 6.33. The van der Waals surface area contributed by atoms with Crippen LogP contribution in [0.5, 0.6) is 0 Å². The van der Waals surface area contributed by atoms with Crippen LogP contribution in [0.3, 0.4) is 0 Å². The molecule has 3 rings (SSSR count). The molecular formula is C17H15ClN2. The van der Waals surface area contributed by atoms with Gasteiger partial charge in [0.1, 0.15) is 0 Å². The summed E-state index contributed by atoms with van der Waals surface area (Å²) in [5.41, 5.74) is 10.1. The molecule has 3 heteroatoms. The minimum atomic E-state index is -0.00635. The zero-order chi connectivity index (χ0) is 14.1. The van der Waals surface area contributed by atoms with Crippen LogP contribution in [-0.4, -0.2) is 4.98 Å². The summed E-state index contributed by atoms with van der Waals surface area (Å²) in [7, 11) is 0. The van der Waals surface area contributed by atoms with Gasteiger partial charge in [0.15, 0.2) is 0 Å². The molecule has 0 fully saturated rings. The Morgan fingerprint density at radius 1 is 1.10 bits per heavy atom. The van der Waals surface area contributed by atoms with Gasteiger partial charge in [-0.15, -0.1) is 0 Å². The van der Waals surface area contributed by atoms with Gasteiger partial charge in [-0.3, -0.25) is 4.98 Å². The number of pyridine rings is 1. The predicted octanol–water partition coefficient (Wildman–Crippen LogP) is 4.57. The van der Waals surface area contributed by atoms with E-state index in [1.54, 1.807) is 6.20 Å². The van der Waals surface area contributed by atoms with Gasteiger partial charge in [0.25, 0.3) is 0 Å². The minimum absolute atomic E-state index is 0.00635. The average Bonchev–Trinajstić information content (AvgIpc) is 2.47. The SMILES string of the molecule is CC(N)c1ccc(Cl)c(-c2ccc3ncccc3c2)c1. The van der Waals surface area contributed by atoms with Gasteiger partial charge in [-0.2, -0.15) is 0 Å². The highest BCUT2D eigenvalue weighted by Crippen LogP contribution is 2.31. The van der Waals surface area contributed by atoms with E-state index in [9.17, 15) is 0 Å². The molecule has 0 saturated heterocycles. The fourth-order valence-electron chi connectivity index (χ4n) is 2.29. The number of rotatable bonds is 2. The van der Waals surface area contributed by atoms with Crippen molar-refractivity contribution in [3.8, 4) is 11.1 Å². The fourth-order valence-corrected chi connectivity index (χ4v) is 2.52. The Balaban J connectivity index is 2.17. The molecule has 1 aromatic heterocycles. The zero-order valence-electron chi connectivity index (χ0n) is 11.2. The molecule has 0 bridgehead atoms. The van der Waals surface area contributed by atoms with Gasteiger partial charge in [-0.05, 0) is 48.4 Å². The van der Waals surface area contributed by atoms with E-state index in [-0.39, 0.29) is 6.04 Å². The van der Waals surface area contributed by atoms with Crippen LogP contribution in [0.1, 0.15) is 18.5 Å². The molecule has 20 heavy (non-hydrogen) atoms. The van der Waals surface area contributed by atoms with E-state index < -0.39 is 0 Å². The highest BCUT2D eigenvalue weighted by Gasteiger charge is 2.08. The number of halogens is 1. The third-order valence-corrected chi connectivity index (χ3v) is 3.76. The minimum Gasteiger partial charge on any atom is -0.324 e. The smallest absolute Gasteiger partial charge is 0.0702 e. The van der Waals surface area contributed by atoms with Crippen molar-refractivity contribution in [3.05, 3.63) is 65.3 Å². The molecule has 2 nitrogen and oxygen atoms in total. The number of hydrogen-bond donors (Lipinski definition) is 1. The molecule has 100 valence electrons. The van der Waals surface area contributed by atoms with E-state index in [0.717, 1.165) is 32.6 Å². The van der Waals surface area contributed by atoms with E-state index in [1.807, 2.05) is 37.3 Å². The van der Waals surface area contributed by atoms with E-state index in [2.05, 4.69) is 23.2 Å². The molecule has 0 aliphatic heterocycles. The Morgan fingerprint density at radius 3 is 2.75 bits per heavy atom. The lowest BCUT2D eigenvalue weighted by Crippen LogP contribution is -2.04. The topological polar surface area (TPSA) is 38.9 Å². The third kappa shape index (κ3) is 2.40. The maximum atomic E-state index is 6.33. The van der Waals surface area contributed by atoms with Crippen LogP contribution in [0, 0.1) is 0 Å². The normalized spacial score (nSPS) is 12.6. The van der Waals surface area contributed by atoms with Crippen LogP contribution in [0.2, 0.25) is 5.02 Å². The summed E-state index contributed by atoms with van der Waals surface area (Å²) >= 11 is 6.33. The van der Waals surface area contributed by atoms with Gasteiger partial charge in [0.05, 0.1) is 5.52 Å². The fraction of sp³-hybridized carbons (Fsp3) is 0.118. The molecule has 0 aliphatic rings. The molecule has 3 aromatic rings. The molecule has 0 amide bonds. The van der Waals surface area contributed by atoms with Crippen molar-refractivity contribution < 1.29 is 0 Å². The van der Waals surface area contributed by atoms with Gasteiger partial charge in [0, 0.05) is 28.2 Å². The molecule has 1 atom stereocenters. The van der Waals surface area contributed by atoms with Gasteiger partial charge >= 0.3 is 0 Å². The predicted molar refractivity (Wildman–Crippen MR) is 84.8 cm³/mol. The Labute approximate surface area is 123 Å². The summed E-state index contributed by atoms with van der Waals surface area (Å²) in [6.07, 6.45) is 1.80. The number of fused-ring (bicyclic) bond motifs is 1. The van der Waals surface area contributed by atoms with Crippen molar-refractivity contribution in [2.45, 2.75) is 13.0 Å². The molecule has 0 radical (unpaired) electrons. The standard InChI is InChI=1S/C17H15ClN2/c1-11(19)12-4-6-16(18)15(10-12)13-5-7-17-14(9-13)3-2-8-20-17/h2-11H,19H2,1H3. The second kappa shape index (κ2) is 5.23. The molecule has 0 saturated carbocycles. The molecule has 1 heterocycles. The summed E-state index contributed by atoms with van der Waals surface area (Å²) in [6.45, 7) is 1.97. The van der Waals surface area contributed by atoms with Crippen LogP contribution in [0.4, 0.5) is 0 Å². The molecule has 0 spiro atoms. The van der Waals surface area contributed by atoms with E-state index >= 15 is 0 Å². The van der Waals surface area contributed by atoms with Crippen LogP contribution in [0.25, 0.3) is 22.0 Å². The van der Waals surface area contributed by atoms with E-state index in [1.165, 1.54) is 0 Å². The summed E-state index contributed by atoms with van der Waals surface area (Å²) in [6, 6.07) is 16.1. The first-order valence-electron chi connectivity index (χ1n) is 6.55. The monoisotopic (exact) mass is 282 g/mol. The first kappa shape index (κ1) is 13.1. The Morgan fingerprint density at radius 2 is 1.95 bits per heavy atom. The average molecular weight is 283 g/mol. The maximum absolute atomic E-state index is 6.33. The van der Waals surface area contributed by atoms with E-state index in [4.69, 9.17) is 17.3 Å². The first-order chi connectivity index (χ1) is 9.65. The lowest BCUT2D eigenvalue weighted by atomic mass is 9.99. The van der Waals surface area contributed by atoms with Gasteiger partial charge in [0.2, 0.25) is 0 Å². The molecular weight excluding hydrogens is 268 g/mol. The Hall–Kier alpha value is -1.90. The Kier molecular flexibility index (Phi) is 3.43. The zero-order valence-corrected chi connectivity index (χ0v) is 11.9. The van der Waals surface area contributed by atoms with Crippen LogP contribution in [0.15, 0.2) is 54.7 Å². The molecule has 0 aliphatic carbocycles. The van der Waals surface area contributed by atoms with Gasteiger partial charge in [-0.25, -0.2) is 0 Å². The number of benzene rings is 2. The van der Waals surface area contributed by atoms with Crippen molar-refractivity contribution in [1.29, 1.82) is 0 Å². The summed E-state index contributed by atoms with van der Waals surface area (Å²) in [5, 5.41) is 1.84. The molecule has 2 N–H and O–H groups in total. The number of nitrogens with two attached hydrogens (primary N) is 1. The number of aromatic nitrogens is 1. The Bertz CT molecular complexity index is 766.